The second-order valence-corrected chi connectivity index (χ2v) is 5.69. The minimum absolute atomic E-state index is 0.0194. The summed E-state index contributed by atoms with van der Waals surface area (Å²) in [7, 11) is 0. The number of nitrogens with one attached hydrogen (secondary N) is 2. The predicted molar refractivity (Wildman–Crippen MR) is 79.3 cm³/mol. The number of nitrogens with zero attached hydrogens (tertiary/aromatic N) is 1. The van der Waals surface area contributed by atoms with Crippen molar-refractivity contribution >= 4 is 11.6 Å². The molecule has 108 valence electrons. The second-order valence-electron chi connectivity index (χ2n) is 5.69. The highest BCUT2D eigenvalue weighted by molar-refractivity contribution is 5.94. The number of carbonyl (C=O) groups is 1. The summed E-state index contributed by atoms with van der Waals surface area (Å²) in [6, 6.07) is 8.08. The number of benzene rings is 1. The Morgan fingerprint density at radius 3 is 2.70 bits per heavy atom. The number of anilines is 1. The number of rotatable bonds is 3. The number of nitrogens with two attached hydrogens (primary N) is 1. The van der Waals surface area contributed by atoms with Crippen molar-refractivity contribution in [2.75, 3.05) is 18.5 Å². The number of hydrogen-bond donors (Lipinski definition) is 3. The van der Waals surface area contributed by atoms with Gasteiger partial charge in [-0.15, -0.1) is 0 Å². The maximum atomic E-state index is 12.3. The highest BCUT2D eigenvalue weighted by atomic mass is 16.1. The van der Waals surface area contributed by atoms with Gasteiger partial charge < -0.3 is 10.7 Å². The van der Waals surface area contributed by atoms with Gasteiger partial charge in [-0.05, 0) is 50.1 Å². The zero-order valence-electron chi connectivity index (χ0n) is 11.6. The monoisotopic (exact) mass is 274 g/mol. The van der Waals surface area contributed by atoms with E-state index >= 15 is 0 Å². The topological polar surface area (TPSA) is 70.4 Å². The van der Waals surface area contributed by atoms with Gasteiger partial charge in [0.1, 0.15) is 0 Å². The molecule has 0 saturated carbocycles. The molecular formula is C15H22N4O. The summed E-state index contributed by atoms with van der Waals surface area (Å²) in [5, 5.41) is 3.20. The highest BCUT2D eigenvalue weighted by Gasteiger charge is 2.36. The fourth-order valence-corrected chi connectivity index (χ4v) is 3.39. The van der Waals surface area contributed by atoms with E-state index < -0.39 is 0 Å². The maximum Gasteiger partial charge on any atom is 0.251 e. The van der Waals surface area contributed by atoms with Gasteiger partial charge in [-0.3, -0.25) is 15.5 Å². The first-order valence-electron chi connectivity index (χ1n) is 7.39. The second kappa shape index (κ2) is 5.81. The van der Waals surface area contributed by atoms with Gasteiger partial charge in [0.15, 0.2) is 0 Å². The van der Waals surface area contributed by atoms with Crippen LogP contribution in [0.4, 0.5) is 5.69 Å². The molecule has 0 aromatic heterocycles. The number of fused-ring (bicyclic) bond motifs is 1. The van der Waals surface area contributed by atoms with E-state index in [9.17, 15) is 4.79 Å². The van der Waals surface area contributed by atoms with Crippen molar-refractivity contribution in [3.05, 3.63) is 29.8 Å². The molecule has 5 heteroatoms. The van der Waals surface area contributed by atoms with Crippen LogP contribution < -0.4 is 16.6 Å². The summed E-state index contributed by atoms with van der Waals surface area (Å²) < 4.78 is 0. The van der Waals surface area contributed by atoms with Crippen molar-refractivity contribution in [3.8, 4) is 0 Å². The van der Waals surface area contributed by atoms with Crippen LogP contribution in [0, 0.1) is 0 Å². The lowest BCUT2D eigenvalue weighted by atomic mass is 9.99. The number of amides is 1. The molecule has 2 aliphatic rings. The van der Waals surface area contributed by atoms with Crippen LogP contribution in [0.25, 0.3) is 0 Å². The summed E-state index contributed by atoms with van der Waals surface area (Å²) in [5.41, 5.74) is 4.06. The Labute approximate surface area is 119 Å². The Balaban J connectivity index is 1.63. The van der Waals surface area contributed by atoms with Crippen LogP contribution in [0.2, 0.25) is 0 Å². The van der Waals surface area contributed by atoms with Crippen molar-refractivity contribution in [2.45, 2.75) is 37.8 Å². The van der Waals surface area contributed by atoms with Crippen LogP contribution in [0.5, 0.6) is 0 Å². The lowest BCUT2D eigenvalue weighted by molar-refractivity contribution is 0.0915. The number of carbonyl (C=O) groups excluding carboxylic acids is 1. The molecule has 5 nitrogen and oxygen atoms in total. The van der Waals surface area contributed by atoms with Gasteiger partial charge in [0.25, 0.3) is 5.91 Å². The SMILES string of the molecule is NNc1ccc(C(=O)NC2CCN3CCCCC23)cc1. The van der Waals surface area contributed by atoms with Crippen molar-refractivity contribution < 1.29 is 4.79 Å². The molecule has 1 aromatic carbocycles. The lowest BCUT2D eigenvalue weighted by Crippen LogP contribution is -2.46. The van der Waals surface area contributed by atoms with E-state index in [1.807, 2.05) is 12.1 Å². The largest absolute Gasteiger partial charge is 0.348 e. The molecule has 0 aliphatic carbocycles. The molecule has 0 spiro atoms. The quantitative estimate of drug-likeness (QED) is 0.574. The van der Waals surface area contributed by atoms with Crippen LogP contribution in [0.15, 0.2) is 24.3 Å². The van der Waals surface area contributed by atoms with E-state index in [0.29, 0.717) is 17.6 Å². The van der Waals surface area contributed by atoms with E-state index in [0.717, 1.165) is 18.7 Å². The Morgan fingerprint density at radius 2 is 1.95 bits per heavy atom. The van der Waals surface area contributed by atoms with Gasteiger partial charge in [-0.1, -0.05) is 6.42 Å². The minimum atomic E-state index is 0.0194. The first kappa shape index (κ1) is 13.4. The molecular weight excluding hydrogens is 252 g/mol. The Kier molecular flexibility index (Phi) is 3.89. The Hall–Kier alpha value is -1.59. The molecule has 0 radical (unpaired) electrons. The first-order valence-corrected chi connectivity index (χ1v) is 7.39. The summed E-state index contributed by atoms with van der Waals surface area (Å²) >= 11 is 0. The molecule has 3 rings (SSSR count). The third-order valence-electron chi connectivity index (χ3n) is 4.49. The fourth-order valence-electron chi connectivity index (χ4n) is 3.39. The molecule has 0 bridgehead atoms. The molecule has 2 saturated heterocycles. The van der Waals surface area contributed by atoms with Gasteiger partial charge in [-0.2, -0.15) is 0 Å². The summed E-state index contributed by atoms with van der Waals surface area (Å²) in [6.07, 6.45) is 4.86. The third-order valence-corrected chi connectivity index (χ3v) is 4.49. The number of piperidine rings is 1. The molecule has 2 aliphatic heterocycles. The van der Waals surface area contributed by atoms with Crippen LogP contribution in [-0.4, -0.2) is 36.0 Å². The maximum absolute atomic E-state index is 12.3. The molecule has 2 heterocycles. The molecule has 1 aromatic rings. The van der Waals surface area contributed by atoms with Gasteiger partial charge >= 0.3 is 0 Å². The average Bonchev–Trinajstić information content (AvgIpc) is 2.91. The standard InChI is InChI=1S/C15H22N4O/c16-18-12-6-4-11(5-7-12)15(20)17-13-8-10-19-9-2-1-3-14(13)19/h4-7,13-14,18H,1-3,8-10,16H2,(H,17,20). The highest BCUT2D eigenvalue weighted by Crippen LogP contribution is 2.27. The summed E-state index contributed by atoms with van der Waals surface area (Å²) in [4.78, 5) is 14.8. The fraction of sp³-hybridized carbons (Fsp3) is 0.533. The number of hydrazine groups is 1. The normalized spacial score (nSPS) is 26.1. The molecule has 2 atom stereocenters. The Bertz CT molecular complexity index is 473. The minimum Gasteiger partial charge on any atom is -0.348 e. The van der Waals surface area contributed by atoms with Gasteiger partial charge in [-0.25, -0.2) is 0 Å². The smallest absolute Gasteiger partial charge is 0.251 e. The average molecular weight is 274 g/mol. The lowest BCUT2D eigenvalue weighted by Gasteiger charge is -2.32. The zero-order valence-corrected chi connectivity index (χ0v) is 11.6. The van der Waals surface area contributed by atoms with Gasteiger partial charge in [0.05, 0.1) is 0 Å². The van der Waals surface area contributed by atoms with Crippen molar-refractivity contribution in [1.29, 1.82) is 0 Å². The number of nitrogen functional groups attached to an aromatic ring is 1. The Morgan fingerprint density at radius 1 is 1.15 bits per heavy atom. The number of hydrogen-bond acceptors (Lipinski definition) is 4. The van der Waals surface area contributed by atoms with Crippen molar-refractivity contribution in [3.63, 3.8) is 0 Å². The molecule has 2 fully saturated rings. The van der Waals surface area contributed by atoms with Crippen LogP contribution >= 0.6 is 0 Å². The third kappa shape index (κ3) is 2.64. The van der Waals surface area contributed by atoms with E-state index in [-0.39, 0.29) is 5.91 Å². The molecule has 2 unspecified atom stereocenters. The van der Waals surface area contributed by atoms with Gasteiger partial charge in [0, 0.05) is 29.9 Å². The molecule has 20 heavy (non-hydrogen) atoms. The van der Waals surface area contributed by atoms with Crippen LogP contribution in [0.1, 0.15) is 36.0 Å². The molecule has 1 amide bonds. The summed E-state index contributed by atoms with van der Waals surface area (Å²) in [6.45, 7) is 2.31. The van der Waals surface area contributed by atoms with Crippen molar-refractivity contribution in [2.24, 2.45) is 5.84 Å². The predicted octanol–water partition coefficient (Wildman–Crippen LogP) is 1.33. The van der Waals surface area contributed by atoms with E-state index in [1.54, 1.807) is 12.1 Å². The summed E-state index contributed by atoms with van der Waals surface area (Å²) in [5.74, 6) is 5.34. The van der Waals surface area contributed by atoms with Crippen LogP contribution in [-0.2, 0) is 0 Å². The zero-order chi connectivity index (χ0) is 13.9. The van der Waals surface area contributed by atoms with E-state index in [1.165, 1.54) is 25.8 Å². The van der Waals surface area contributed by atoms with E-state index in [2.05, 4.69) is 15.6 Å². The van der Waals surface area contributed by atoms with E-state index in [4.69, 9.17) is 5.84 Å². The first-order chi connectivity index (χ1) is 9.78. The van der Waals surface area contributed by atoms with Gasteiger partial charge in [0.2, 0.25) is 0 Å². The van der Waals surface area contributed by atoms with Crippen LogP contribution in [0.3, 0.4) is 0 Å². The molecule has 4 N–H and O–H groups in total. The van der Waals surface area contributed by atoms with Crippen molar-refractivity contribution in [1.82, 2.24) is 10.2 Å².